The lowest BCUT2D eigenvalue weighted by Gasteiger charge is -2.40. The Balaban J connectivity index is 2.07. The summed E-state index contributed by atoms with van der Waals surface area (Å²) in [5.74, 6) is 0.128. The van der Waals surface area contributed by atoms with Crippen LogP contribution in [0.2, 0.25) is 0 Å². The molecule has 6 heteroatoms. The van der Waals surface area contributed by atoms with Crippen molar-refractivity contribution in [3.8, 4) is 0 Å². The molecule has 0 aliphatic carbocycles. The van der Waals surface area contributed by atoms with E-state index in [4.69, 9.17) is 5.11 Å². The van der Waals surface area contributed by atoms with Crippen molar-refractivity contribution in [2.75, 3.05) is 43.4 Å². The summed E-state index contributed by atoms with van der Waals surface area (Å²) in [6.07, 6.45) is 0. The van der Waals surface area contributed by atoms with Gasteiger partial charge >= 0.3 is 0 Å². The molecule has 1 aliphatic rings. The van der Waals surface area contributed by atoms with Gasteiger partial charge in [-0.05, 0) is 31.2 Å². The van der Waals surface area contributed by atoms with Crippen LogP contribution in [0.5, 0.6) is 0 Å². The van der Waals surface area contributed by atoms with Gasteiger partial charge in [0, 0.05) is 37.9 Å². The quantitative estimate of drug-likeness (QED) is 0.878. The van der Waals surface area contributed by atoms with Gasteiger partial charge in [-0.3, -0.25) is 4.90 Å². The zero-order valence-corrected chi connectivity index (χ0v) is 13.5. The molecule has 5 nitrogen and oxygen atoms in total. The Morgan fingerprint density at radius 3 is 2.43 bits per heavy atom. The van der Waals surface area contributed by atoms with Crippen LogP contribution in [0.15, 0.2) is 29.2 Å². The van der Waals surface area contributed by atoms with Crippen LogP contribution in [-0.4, -0.2) is 63.0 Å². The first-order valence-electron chi connectivity index (χ1n) is 7.40. The molecule has 21 heavy (non-hydrogen) atoms. The number of benzene rings is 1. The Bertz CT molecular complexity index is 557. The van der Waals surface area contributed by atoms with Crippen molar-refractivity contribution in [3.05, 3.63) is 24.3 Å². The molecule has 1 aromatic carbocycles. The average molecular weight is 312 g/mol. The van der Waals surface area contributed by atoms with E-state index in [1.165, 1.54) is 0 Å². The van der Waals surface area contributed by atoms with Crippen LogP contribution in [0.25, 0.3) is 0 Å². The van der Waals surface area contributed by atoms with Gasteiger partial charge in [0.1, 0.15) is 0 Å². The summed E-state index contributed by atoms with van der Waals surface area (Å²) in [6, 6.07) is 7.54. The van der Waals surface area contributed by atoms with E-state index in [1.807, 2.05) is 12.1 Å². The summed E-state index contributed by atoms with van der Waals surface area (Å²) in [7, 11) is -3.13. The molecular weight excluding hydrogens is 288 g/mol. The van der Waals surface area contributed by atoms with E-state index in [0.29, 0.717) is 17.5 Å². The first-order chi connectivity index (χ1) is 9.97. The molecule has 0 saturated carbocycles. The van der Waals surface area contributed by atoms with Crippen LogP contribution < -0.4 is 4.90 Å². The second kappa shape index (κ2) is 6.77. The van der Waals surface area contributed by atoms with Gasteiger partial charge in [-0.1, -0.05) is 6.92 Å². The normalized spacial score (nSPS) is 20.7. The molecule has 1 unspecified atom stereocenters. The number of aliphatic hydroxyl groups excluding tert-OH is 1. The molecule has 0 radical (unpaired) electrons. The van der Waals surface area contributed by atoms with Crippen LogP contribution in [0, 0.1) is 0 Å². The molecule has 0 spiro atoms. The van der Waals surface area contributed by atoms with E-state index in [1.54, 1.807) is 19.1 Å². The number of aliphatic hydroxyl groups is 1. The highest BCUT2D eigenvalue weighted by Gasteiger charge is 2.23. The third-order valence-electron chi connectivity index (χ3n) is 4.09. The Labute approximate surface area is 127 Å². The molecule has 1 aromatic rings. The Hall–Kier alpha value is -1.11. The summed E-state index contributed by atoms with van der Waals surface area (Å²) in [4.78, 5) is 4.92. The monoisotopic (exact) mass is 312 g/mol. The summed E-state index contributed by atoms with van der Waals surface area (Å²) in [5, 5.41) is 9.04. The molecule has 1 saturated heterocycles. The van der Waals surface area contributed by atoms with Crippen molar-refractivity contribution in [2.45, 2.75) is 24.8 Å². The Morgan fingerprint density at radius 2 is 1.90 bits per heavy atom. The second-order valence-corrected chi connectivity index (χ2v) is 7.73. The fourth-order valence-electron chi connectivity index (χ4n) is 2.72. The maximum absolute atomic E-state index is 11.8. The van der Waals surface area contributed by atoms with Crippen molar-refractivity contribution in [1.29, 1.82) is 0 Å². The van der Waals surface area contributed by atoms with Gasteiger partial charge in [0.05, 0.1) is 17.3 Å². The van der Waals surface area contributed by atoms with Crippen molar-refractivity contribution >= 4 is 15.5 Å². The zero-order valence-electron chi connectivity index (χ0n) is 12.7. The first kappa shape index (κ1) is 16.3. The number of nitrogens with zero attached hydrogens (tertiary/aromatic N) is 2. The first-order valence-corrected chi connectivity index (χ1v) is 9.06. The van der Waals surface area contributed by atoms with E-state index < -0.39 is 9.84 Å². The summed E-state index contributed by atoms with van der Waals surface area (Å²) in [6.45, 7) is 7.40. The van der Waals surface area contributed by atoms with Crippen molar-refractivity contribution in [2.24, 2.45) is 0 Å². The smallest absolute Gasteiger partial charge is 0.178 e. The maximum atomic E-state index is 11.8. The SMILES string of the molecule is CCS(=O)(=O)c1ccc(N2CCN(CCO)C(C)C2)cc1. The zero-order chi connectivity index (χ0) is 15.5. The lowest BCUT2D eigenvalue weighted by Crippen LogP contribution is -2.52. The third kappa shape index (κ3) is 3.75. The topological polar surface area (TPSA) is 60.9 Å². The van der Waals surface area contributed by atoms with E-state index in [9.17, 15) is 8.42 Å². The Kier molecular flexibility index (Phi) is 5.24. The number of β-amino-alcohol motifs (C(OH)–C–C–N with tert-alkyl or cyclic N) is 1. The molecular formula is C15H24N2O3S. The van der Waals surface area contributed by atoms with Gasteiger partial charge in [-0.15, -0.1) is 0 Å². The number of sulfone groups is 1. The van der Waals surface area contributed by atoms with Gasteiger partial charge in [-0.2, -0.15) is 0 Å². The van der Waals surface area contributed by atoms with Crippen LogP contribution in [0.1, 0.15) is 13.8 Å². The van der Waals surface area contributed by atoms with Crippen LogP contribution in [0.4, 0.5) is 5.69 Å². The standard InChI is InChI=1S/C15H24N2O3S/c1-3-21(19,20)15-6-4-14(5-7-15)17-9-8-16(10-11-18)13(2)12-17/h4-7,13,18H,3,8-12H2,1-2H3. The summed E-state index contributed by atoms with van der Waals surface area (Å²) >= 11 is 0. The number of anilines is 1. The molecule has 0 bridgehead atoms. The lowest BCUT2D eigenvalue weighted by molar-refractivity contribution is 0.146. The van der Waals surface area contributed by atoms with E-state index in [0.717, 1.165) is 25.3 Å². The fourth-order valence-corrected chi connectivity index (χ4v) is 3.61. The van der Waals surface area contributed by atoms with Crippen LogP contribution in [0.3, 0.4) is 0 Å². The molecule has 0 amide bonds. The van der Waals surface area contributed by atoms with Gasteiger partial charge in [0.15, 0.2) is 9.84 Å². The highest BCUT2D eigenvalue weighted by atomic mass is 32.2. The molecule has 2 rings (SSSR count). The van der Waals surface area contributed by atoms with Crippen molar-refractivity contribution in [3.63, 3.8) is 0 Å². The van der Waals surface area contributed by atoms with Crippen molar-refractivity contribution in [1.82, 2.24) is 4.90 Å². The van der Waals surface area contributed by atoms with Crippen molar-refractivity contribution < 1.29 is 13.5 Å². The predicted molar refractivity (Wildman–Crippen MR) is 84.5 cm³/mol. The van der Waals surface area contributed by atoms with Gasteiger partial charge in [0.25, 0.3) is 0 Å². The summed E-state index contributed by atoms with van der Waals surface area (Å²) < 4.78 is 23.6. The molecule has 1 heterocycles. The van der Waals surface area contributed by atoms with E-state index in [-0.39, 0.29) is 12.4 Å². The molecule has 1 atom stereocenters. The Morgan fingerprint density at radius 1 is 1.24 bits per heavy atom. The minimum absolute atomic E-state index is 0.128. The molecule has 1 fully saturated rings. The highest BCUT2D eigenvalue weighted by Crippen LogP contribution is 2.21. The van der Waals surface area contributed by atoms with Crippen LogP contribution >= 0.6 is 0 Å². The third-order valence-corrected chi connectivity index (χ3v) is 5.84. The number of rotatable bonds is 5. The highest BCUT2D eigenvalue weighted by molar-refractivity contribution is 7.91. The number of hydrogen-bond donors (Lipinski definition) is 1. The minimum Gasteiger partial charge on any atom is -0.395 e. The van der Waals surface area contributed by atoms with E-state index >= 15 is 0 Å². The maximum Gasteiger partial charge on any atom is 0.178 e. The molecule has 1 N–H and O–H groups in total. The fraction of sp³-hybridized carbons (Fsp3) is 0.600. The number of hydrogen-bond acceptors (Lipinski definition) is 5. The van der Waals surface area contributed by atoms with Gasteiger partial charge < -0.3 is 10.0 Å². The molecule has 0 aromatic heterocycles. The largest absolute Gasteiger partial charge is 0.395 e. The van der Waals surface area contributed by atoms with E-state index in [2.05, 4.69) is 16.7 Å². The molecule has 1 aliphatic heterocycles. The lowest BCUT2D eigenvalue weighted by atomic mass is 10.1. The average Bonchev–Trinajstić information content (AvgIpc) is 2.49. The summed E-state index contributed by atoms with van der Waals surface area (Å²) in [5.41, 5.74) is 1.06. The predicted octanol–water partition coefficient (Wildman–Crippen LogP) is 0.983. The number of piperazine rings is 1. The van der Waals surface area contributed by atoms with Gasteiger partial charge in [-0.25, -0.2) is 8.42 Å². The van der Waals surface area contributed by atoms with Gasteiger partial charge in [0.2, 0.25) is 0 Å². The minimum atomic E-state index is -3.13. The molecule has 118 valence electrons. The second-order valence-electron chi connectivity index (χ2n) is 5.45. The van der Waals surface area contributed by atoms with Crippen LogP contribution in [-0.2, 0) is 9.84 Å².